The van der Waals surface area contributed by atoms with Crippen LogP contribution in [-0.4, -0.2) is 9.70 Å². The van der Waals surface area contributed by atoms with Crippen molar-refractivity contribution in [3.8, 4) is 0 Å². The Morgan fingerprint density at radius 3 is 2.87 bits per heavy atom. The molecule has 15 heavy (non-hydrogen) atoms. The molecule has 3 atom stereocenters. The first kappa shape index (κ1) is 11.5. The van der Waals surface area contributed by atoms with E-state index in [0.717, 1.165) is 18.6 Å². The van der Waals surface area contributed by atoms with Crippen LogP contribution >= 0.6 is 27.5 Å². The molecule has 1 nitrogen and oxygen atoms in total. The highest BCUT2D eigenvalue weighted by atomic mass is 79.9. The normalized spacial score (nSPS) is 36.8. The van der Waals surface area contributed by atoms with Crippen LogP contribution in [0.3, 0.4) is 0 Å². The minimum Gasteiger partial charge on any atom is -0.469 e. The highest BCUT2D eigenvalue weighted by Gasteiger charge is 2.37. The summed E-state index contributed by atoms with van der Waals surface area (Å²) in [6, 6.07) is 2.08. The maximum absolute atomic E-state index is 6.39. The van der Waals surface area contributed by atoms with Crippen molar-refractivity contribution in [2.75, 3.05) is 0 Å². The fourth-order valence-electron chi connectivity index (χ4n) is 2.33. The molecule has 0 spiro atoms. The molecule has 84 valence electrons. The van der Waals surface area contributed by atoms with E-state index in [4.69, 9.17) is 16.0 Å². The van der Waals surface area contributed by atoms with E-state index in [1.807, 2.05) is 6.92 Å². The summed E-state index contributed by atoms with van der Waals surface area (Å²) in [5.74, 6) is 1.61. The molecular formula is C12H16BrClO. The fourth-order valence-corrected chi connectivity index (χ4v) is 3.07. The van der Waals surface area contributed by atoms with Crippen molar-refractivity contribution < 1.29 is 4.42 Å². The summed E-state index contributed by atoms with van der Waals surface area (Å²) < 4.78 is 5.45. The molecule has 0 saturated heterocycles. The third-order valence-electron chi connectivity index (χ3n) is 3.46. The van der Waals surface area contributed by atoms with Gasteiger partial charge in [-0.05, 0) is 50.7 Å². The average Bonchev–Trinajstić information content (AvgIpc) is 2.57. The topological polar surface area (TPSA) is 13.1 Å². The van der Waals surface area contributed by atoms with Crippen LogP contribution < -0.4 is 0 Å². The first-order chi connectivity index (χ1) is 7.00. The lowest BCUT2D eigenvalue weighted by molar-refractivity contribution is 0.387. The molecule has 0 amide bonds. The Balaban J connectivity index is 2.13. The van der Waals surface area contributed by atoms with Gasteiger partial charge in [0.2, 0.25) is 0 Å². The molecule has 0 aliphatic heterocycles. The van der Waals surface area contributed by atoms with Crippen LogP contribution in [0.2, 0.25) is 0 Å². The van der Waals surface area contributed by atoms with E-state index < -0.39 is 0 Å². The quantitative estimate of drug-likeness (QED) is 0.688. The Kier molecular flexibility index (Phi) is 3.18. The van der Waals surface area contributed by atoms with Gasteiger partial charge in [0, 0.05) is 9.70 Å². The molecular weight excluding hydrogens is 275 g/mol. The Morgan fingerprint density at radius 1 is 1.60 bits per heavy atom. The first-order valence-corrected chi connectivity index (χ1v) is 6.60. The molecule has 1 aliphatic rings. The largest absolute Gasteiger partial charge is 0.469 e. The van der Waals surface area contributed by atoms with Gasteiger partial charge in [-0.25, -0.2) is 0 Å². The number of furan rings is 1. The predicted octanol–water partition coefficient (Wildman–Crippen LogP) is 4.62. The smallest absolute Gasteiger partial charge is 0.104 e. The van der Waals surface area contributed by atoms with E-state index in [0.29, 0.717) is 5.92 Å². The van der Waals surface area contributed by atoms with E-state index in [1.165, 1.54) is 12.0 Å². The Labute approximate surface area is 104 Å². The second kappa shape index (κ2) is 4.14. The summed E-state index contributed by atoms with van der Waals surface area (Å²) in [6.07, 6.45) is 5.11. The molecule has 0 aromatic carbocycles. The number of hydrogen-bond acceptors (Lipinski definition) is 1. The number of hydrogen-bond donors (Lipinski definition) is 0. The van der Waals surface area contributed by atoms with Crippen molar-refractivity contribution in [2.24, 2.45) is 0 Å². The van der Waals surface area contributed by atoms with E-state index >= 15 is 0 Å². The van der Waals surface area contributed by atoms with Gasteiger partial charge in [-0.3, -0.25) is 0 Å². The predicted molar refractivity (Wildman–Crippen MR) is 67.0 cm³/mol. The Hall–Kier alpha value is 0.0500. The minimum atomic E-state index is 0.0999. The highest BCUT2D eigenvalue weighted by Crippen LogP contribution is 2.45. The van der Waals surface area contributed by atoms with E-state index in [9.17, 15) is 0 Å². The highest BCUT2D eigenvalue weighted by molar-refractivity contribution is 9.10. The van der Waals surface area contributed by atoms with E-state index in [1.54, 1.807) is 6.26 Å². The Bertz CT molecular complexity index is 345. The van der Waals surface area contributed by atoms with Gasteiger partial charge in [0.05, 0.1) is 6.26 Å². The second-order valence-corrected chi connectivity index (χ2v) is 6.99. The molecule has 0 bridgehead atoms. The third kappa shape index (κ3) is 2.26. The van der Waals surface area contributed by atoms with Gasteiger partial charge in [-0.1, -0.05) is 15.9 Å². The van der Waals surface area contributed by atoms with Crippen molar-refractivity contribution in [2.45, 2.75) is 48.7 Å². The second-order valence-electron chi connectivity index (χ2n) is 4.65. The minimum absolute atomic E-state index is 0.0999. The van der Waals surface area contributed by atoms with E-state index in [-0.39, 0.29) is 9.70 Å². The first-order valence-electron chi connectivity index (χ1n) is 5.37. The SMILES string of the molecule is Cc1occc1C1CCC(C)(Br)C(Cl)C1. The molecule has 0 N–H and O–H groups in total. The maximum Gasteiger partial charge on any atom is 0.104 e. The lowest BCUT2D eigenvalue weighted by Crippen LogP contribution is -2.35. The Morgan fingerprint density at radius 2 is 2.33 bits per heavy atom. The summed E-state index contributed by atoms with van der Waals surface area (Å²) in [7, 11) is 0. The summed E-state index contributed by atoms with van der Waals surface area (Å²) in [6.45, 7) is 4.21. The molecule has 3 unspecified atom stereocenters. The van der Waals surface area contributed by atoms with E-state index in [2.05, 4.69) is 28.9 Å². The summed E-state index contributed by atoms with van der Waals surface area (Å²) >= 11 is 10.1. The molecule has 1 aromatic rings. The van der Waals surface area contributed by atoms with Crippen LogP contribution in [-0.2, 0) is 0 Å². The molecule has 2 rings (SSSR count). The van der Waals surface area contributed by atoms with Crippen molar-refractivity contribution in [1.82, 2.24) is 0 Å². The van der Waals surface area contributed by atoms with Gasteiger partial charge in [-0.15, -0.1) is 11.6 Å². The average molecular weight is 292 g/mol. The maximum atomic E-state index is 6.39. The van der Waals surface area contributed by atoms with Crippen molar-refractivity contribution in [1.29, 1.82) is 0 Å². The van der Waals surface area contributed by atoms with Gasteiger partial charge in [0.1, 0.15) is 5.76 Å². The summed E-state index contributed by atoms with van der Waals surface area (Å²) in [5.41, 5.74) is 1.34. The number of halogens is 2. The molecule has 1 fully saturated rings. The van der Waals surface area contributed by atoms with Crippen LogP contribution in [0.1, 0.15) is 43.4 Å². The number of alkyl halides is 2. The lowest BCUT2D eigenvalue weighted by atomic mass is 9.79. The van der Waals surface area contributed by atoms with Crippen LogP contribution in [0, 0.1) is 6.92 Å². The number of rotatable bonds is 1. The molecule has 1 aliphatic carbocycles. The van der Waals surface area contributed by atoms with Crippen molar-refractivity contribution in [3.05, 3.63) is 23.7 Å². The van der Waals surface area contributed by atoms with Gasteiger partial charge in [-0.2, -0.15) is 0 Å². The van der Waals surface area contributed by atoms with Crippen LogP contribution in [0.5, 0.6) is 0 Å². The number of aryl methyl sites for hydroxylation is 1. The van der Waals surface area contributed by atoms with Crippen molar-refractivity contribution >= 4 is 27.5 Å². The van der Waals surface area contributed by atoms with Gasteiger partial charge < -0.3 is 4.42 Å². The molecule has 0 radical (unpaired) electrons. The molecule has 3 heteroatoms. The zero-order chi connectivity index (χ0) is 11.1. The van der Waals surface area contributed by atoms with Gasteiger partial charge in [0.25, 0.3) is 0 Å². The standard InChI is InChI=1S/C12H16BrClO/c1-8-10(4-6-15-8)9-3-5-12(2,13)11(14)7-9/h4,6,9,11H,3,5,7H2,1-2H3. The lowest BCUT2D eigenvalue weighted by Gasteiger charge is -2.37. The summed E-state index contributed by atoms with van der Waals surface area (Å²) in [5, 5.41) is 0.200. The van der Waals surface area contributed by atoms with Gasteiger partial charge >= 0.3 is 0 Å². The summed E-state index contributed by atoms with van der Waals surface area (Å²) in [4.78, 5) is 0. The molecule has 1 aromatic heterocycles. The third-order valence-corrected chi connectivity index (χ3v) is 5.34. The molecule has 1 heterocycles. The van der Waals surface area contributed by atoms with Crippen LogP contribution in [0.25, 0.3) is 0 Å². The zero-order valence-electron chi connectivity index (χ0n) is 9.09. The van der Waals surface area contributed by atoms with Crippen LogP contribution in [0.4, 0.5) is 0 Å². The monoisotopic (exact) mass is 290 g/mol. The van der Waals surface area contributed by atoms with Gasteiger partial charge in [0.15, 0.2) is 0 Å². The molecule has 1 saturated carbocycles. The zero-order valence-corrected chi connectivity index (χ0v) is 11.4. The van der Waals surface area contributed by atoms with Crippen LogP contribution in [0.15, 0.2) is 16.7 Å². The van der Waals surface area contributed by atoms with Crippen molar-refractivity contribution in [3.63, 3.8) is 0 Å². The fraction of sp³-hybridized carbons (Fsp3) is 0.667.